The minimum absolute atomic E-state index is 0.0735. The third kappa shape index (κ3) is 1.89. The Morgan fingerprint density at radius 3 is 2.50 bits per heavy atom. The molecule has 1 nitrogen and oxygen atoms in total. The number of hydrogen-bond donors (Lipinski definition) is 0. The van der Waals surface area contributed by atoms with Gasteiger partial charge in [-0.25, -0.2) is 8.78 Å². The first-order valence-corrected chi connectivity index (χ1v) is 9.17. The molecule has 0 aromatic carbocycles. The number of carbonyl (C=O) groups is 1. The first-order valence-electron chi connectivity index (χ1n) is 9.17. The van der Waals surface area contributed by atoms with E-state index in [0.717, 1.165) is 38.5 Å². The molecule has 4 saturated carbocycles. The Hall–Kier alpha value is -0.470. The SMILES string of the molecule is C[C@]12CCC(F)(F)C[C@@H]1CC[C@@H]1[C@@H]2CC[C@]2(C)C(=O)CC[C@@H]12. The van der Waals surface area contributed by atoms with Crippen LogP contribution in [0.5, 0.6) is 0 Å². The van der Waals surface area contributed by atoms with Crippen molar-refractivity contribution in [3.63, 3.8) is 0 Å². The van der Waals surface area contributed by atoms with Gasteiger partial charge in [0, 0.05) is 24.7 Å². The lowest BCUT2D eigenvalue weighted by Gasteiger charge is -2.60. The molecule has 3 heteroatoms. The van der Waals surface area contributed by atoms with Crippen LogP contribution in [0.3, 0.4) is 0 Å². The molecular formula is C19H28F2O. The fourth-order valence-corrected chi connectivity index (χ4v) is 6.95. The third-order valence-electron chi connectivity index (χ3n) is 8.35. The molecule has 0 spiro atoms. The van der Waals surface area contributed by atoms with Crippen molar-refractivity contribution in [2.24, 2.45) is 34.5 Å². The molecule has 4 fully saturated rings. The summed E-state index contributed by atoms with van der Waals surface area (Å²) >= 11 is 0. The zero-order valence-electron chi connectivity index (χ0n) is 13.8. The van der Waals surface area contributed by atoms with Crippen molar-refractivity contribution in [1.82, 2.24) is 0 Å². The number of rotatable bonds is 0. The number of hydrogen-bond acceptors (Lipinski definition) is 1. The normalized spacial score (nSPS) is 53.5. The number of halogens is 2. The van der Waals surface area contributed by atoms with Crippen LogP contribution in [-0.4, -0.2) is 11.7 Å². The van der Waals surface area contributed by atoms with Crippen LogP contribution in [0.1, 0.15) is 71.6 Å². The second-order valence-electron chi connectivity index (χ2n) is 9.14. The van der Waals surface area contributed by atoms with Gasteiger partial charge < -0.3 is 0 Å². The molecule has 4 aliphatic carbocycles. The molecule has 4 aliphatic rings. The number of ketones is 1. The highest BCUT2D eigenvalue weighted by Crippen LogP contribution is 2.66. The monoisotopic (exact) mass is 310 g/mol. The summed E-state index contributed by atoms with van der Waals surface area (Å²) in [7, 11) is 0. The van der Waals surface area contributed by atoms with Gasteiger partial charge in [0.15, 0.2) is 0 Å². The Kier molecular flexibility index (Phi) is 3.11. The summed E-state index contributed by atoms with van der Waals surface area (Å²) in [5, 5.41) is 0. The number of carbonyl (C=O) groups excluding carboxylic acids is 1. The quantitative estimate of drug-likeness (QED) is 0.598. The van der Waals surface area contributed by atoms with E-state index in [1.165, 1.54) is 0 Å². The van der Waals surface area contributed by atoms with Gasteiger partial charge in [-0.1, -0.05) is 13.8 Å². The molecule has 22 heavy (non-hydrogen) atoms. The maximum Gasteiger partial charge on any atom is 0.248 e. The van der Waals surface area contributed by atoms with E-state index in [2.05, 4.69) is 13.8 Å². The average Bonchev–Trinajstić information content (AvgIpc) is 2.76. The molecule has 124 valence electrons. The molecule has 0 unspecified atom stereocenters. The topological polar surface area (TPSA) is 17.1 Å². The minimum atomic E-state index is -2.44. The van der Waals surface area contributed by atoms with Gasteiger partial charge in [-0.3, -0.25) is 4.79 Å². The lowest BCUT2D eigenvalue weighted by Crippen LogP contribution is -2.54. The maximum atomic E-state index is 13.9. The van der Waals surface area contributed by atoms with E-state index in [1.807, 2.05) is 0 Å². The summed E-state index contributed by atoms with van der Waals surface area (Å²) < 4.78 is 27.7. The highest BCUT2D eigenvalue weighted by Gasteiger charge is 2.61. The van der Waals surface area contributed by atoms with E-state index in [4.69, 9.17) is 0 Å². The van der Waals surface area contributed by atoms with E-state index in [0.29, 0.717) is 30.0 Å². The van der Waals surface area contributed by atoms with Gasteiger partial charge in [-0.15, -0.1) is 0 Å². The van der Waals surface area contributed by atoms with Crippen LogP contribution in [0.25, 0.3) is 0 Å². The molecule has 0 heterocycles. The van der Waals surface area contributed by atoms with Crippen molar-refractivity contribution in [1.29, 1.82) is 0 Å². The van der Waals surface area contributed by atoms with Crippen molar-refractivity contribution in [2.75, 3.05) is 0 Å². The highest BCUT2D eigenvalue weighted by atomic mass is 19.3. The molecule has 0 aromatic rings. The van der Waals surface area contributed by atoms with Crippen LogP contribution < -0.4 is 0 Å². The minimum Gasteiger partial charge on any atom is -0.299 e. The summed E-state index contributed by atoms with van der Waals surface area (Å²) in [6.45, 7) is 4.48. The smallest absolute Gasteiger partial charge is 0.248 e. The molecule has 0 bridgehead atoms. The van der Waals surface area contributed by atoms with E-state index < -0.39 is 5.92 Å². The first-order chi connectivity index (χ1) is 10.3. The third-order valence-corrected chi connectivity index (χ3v) is 8.35. The molecule has 6 atom stereocenters. The van der Waals surface area contributed by atoms with E-state index in [-0.39, 0.29) is 29.6 Å². The predicted octanol–water partition coefficient (Wildman–Crippen LogP) is 5.23. The molecule has 0 aromatic heterocycles. The van der Waals surface area contributed by atoms with Gasteiger partial charge in [0.05, 0.1) is 0 Å². The van der Waals surface area contributed by atoms with Crippen LogP contribution in [0.4, 0.5) is 8.78 Å². The van der Waals surface area contributed by atoms with E-state index in [1.54, 1.807) is 0 Å². The summed E-state index contributed by atoms with van der Waals surface area (Å²) in [5.41, 5.74) is 0.000528. The Morgan fingerprint density at radius 2 is 1.73 bits per heavy atom. The molecular weight excluding hydrogens is 282 g/mol. The van der Waals surface area contributed by atoms with E-state index in [9.17, 15) is 13.6 Å². The van der Waals surface area contributed by atoms with Crippen LogP contribution in [-0.2, 0) is 4.79 Å². The maximum absolute atomic E-state index is 13.9. The molecule has 0 saturated heterocycles. The Labute approximate surface area is 132 Å². The van der Waals surface area contributed by atoms with Crippen molar-refractivity contribution < 1.29 is 13.6 Å². The van der Waals surface area contributed by atoms with Crippen molar-refractivity contribution in [3.05, 3.63) is 0 Å². The van der Waals surface area contributed by atoms with Gasteiger partial charge in [0.25, 0.3) is 0 Å². The van der Waals surface area contributed by atoms with Gasteiger partial charge in [0.2, 0.25) is 5.92 Å². The largest absolute Gasteiger partial charge is 0.299 e. The van der Waals surface area contributed by atoms with Crippen molar-refractivity contribution >= 4 is 5.78 Å². The number of Topliss-reactive ketones (excluding diaryl/α,β-unsaturated/α-hetero) is 1. The Morgan fingerprint density at radius 1 is 0.955 bits per heavy atom. The van der Waals surface area contributed by atoms with Gasteiger partial charge in [-0.2, -0.15) is 0 Å². The Balaban J connectivity index is 1.63. The van der Waals surface area contributed by atoms with Gasteiger partial charge in [0.1, 0.15) is 5.78 Å². The standard InChI is InChI=1S/C19H28F2O/c1-17-9-10-19(20,21)11-12(17)3-4-13-14-5-6-16(22)18(14,2)8-7-15(13)17/h12-15H,3-11H2,1-2H3/t12-,13-,14-,15-,17-,18-/m0/s1. The molecule has 0 radical (unpaired) electrons. The average molecular weight is 310 g/mol. The Bertz CT molecular complexity index is 502. The predicted molar refractivity (Wildman–Crippen MR) is 81.7 cm³/mol. The van der Waals surface area contributed by atoms with E-state index >= 15 is 0 Å². The van der Waals surface area contributed by atoms with Crippen molar-refractivity contribution in [3.8, 4) is 0 Å². The molecule has 0 amide bonds. The zero-order chi connectivity index (χ0) is 15.8. The fourth-order valence-electron chi connectivity index (χ4n) is 6.95. The van der Waals surface area contributed by atoms with Crippen molar-refractivity contribution in [2.45, 2.75) is 77.6 Å². The summed E-state index contributed by atoms with van der Waals surface area (Å²) in [6.07, 6.45) is 6.78. The first kappa shape index (κ1) is 15.1. The zero-order valence-corrected chi connectivity index (χ0v) is 13.8. The molecule has 0 aliphatic heterocycles. The van der Waals surface area contributed by atoms with Gasteiger partial charge >= 0.3 is 0 Å². The lowest BCUT2D eigenvalue weighted by molar-refractivity contribution is -0.163. The summed E-state index contributed by atoms with van der Waals surface area (Å²) in [4.78, 5) is 12.4. The number of alkyl halides is 2. The summed E-state index contributed by atoms with van der Waals surface area (Å²) in [5.74, 6) is -0.0652. The van der Waals surface area contributed by atoms with Crippen LogP contribution in [0.2, 0.25) is 0 Å². The van der Waals surface area contributed by atoms with Crippen LogP contribution in [0, 0.1) is 34.5 Å². The van der Waals surface area contributed by atoms with Crippen LogP contribution >= 0.6 is 0 Å². The summed E-state index contributed by atoms with van der Waals surface area (Å²) in [6, 6.07) is 0. The molecule has 4 rings (SSSR count). The lowest BCUT2D eigenvalue weighted by atomic mass is 9.45. The number of fused-ring (bicyclic) bond motifs is 5. The highest BCUT2D eigenvalue weighted by molar-refractivity contribution is 5.87. The fraction of sp³-hybridized carbons (Fsp3) is 0.947. The molecule has 0 N–H and O–H groups in total. The van der Waals surface area contributed by atoms with Gasteiger partial charge in [-0.05, 0) is 67.6 Å². The second kappa shape index (κ2) is 4.54. The van der Waals surface area contributed by atoms with Crippen LogP contribution in [0.15, 0.2) is 0 Å². The second-order valence-corrected chi connectivity index (χ2v) is 9.14.